The van der Waals surface area contributed by atoms with Gasteiger partial charge in [0.15, 0.2) is 5.69 Å². The Kier molecular flexibility index (Phi) is 6.50. The Hall–Kier alpha value is -4.39. The number of rotatable bonds is 7. The minimum Gasteiger partial charge on any atom is -0.457 e. The third-order valence-corrected chi connectivity index (χ3v) is 4.81. The molecule has 0 aliphatic rings. The van der Waals surface area contributed by atoms with Crippen molar-refractivity contribution in [2.24, 2.45) is 5.92 Å². The van der Waals surface area contributed by atoms with Crippen LogP contribution in [-0.4, -0.2) is 21.6 Å². The van der Waals surface area contributed by atoms with Gasteiger partial charge in [-0.05, 0) is 48.5 Å². The van der Waals surface area contributed by atoms with E-state index in [-0.39, 0.29) is 23.4 Å². The van der Waals surface area contributed by atoms with Gasteiger partial charge in [-0.1, -0.05) is 50.2 Å². The lowest BCUT2D eigenvalue weighted by molar-refractivity contribution is -0.118. The van der Waals surface area contributed by atoms with Crippen molar-refractivity contribution in [1.29, 1.82) is 0 Å². The summed E-state index contributed by atoms with van der Waals surface area (Å²) in [5.74, 6) is 1.06. The van der Waals surface area contributed by atoms with Crippen molar-refractivity contribution in [3.8, 4) is 17.2 Å². The number of carbonyl (C=O) groups excluding carboxylic acids is 2. The van der Waals surface area contributed by atoms with E-state index in [2.05, 4.69) is 15.7 Å². The highest BCUT2D eigenvalue weighted by Gasteiger charge is 2.18. The van der Waals surface area contributed by atoms with Crippen LogP contribution in [0.1, 0.15) is 24.3 Å². The zero-order valence-corrected chi connectivity index (χ0v) is 18.4. The first-order valence-electron chi connectivity index (χ1n) is 10.6. The molecule has 0 bridgehead atoms. The molecule has 0 saturated heterocycles. The molecule has 1 heterocycles. The molecule has 0 saturated carbocycles. The van der Waals surface area contributed by atoms with Crippen LogP contribution < -0.4 is 15.4 Å². The summed E-state index contributed by atoms with van der Waals surface area (Å²) >= 11 is 0. The molecule has 4 rings (SSSR count). The zero-order valence-electron chi connectivity index (χ0n) is 18.4. The standard InChI is InChI=1S/C26H24N4O3/c1-18(2)25(31)28-24-17-23(29-30(24)20-9-5-3-6-10-20)26(32)27-19-13-15-22(16-14-19)33-21-11-7-4-8-12-21/h3-18H,1-2H3,(H,27,32)(H,28,31). The fourth-order valence-electron chi connectivity index (χ4n) is 3.04. The van der Waals surface area contributed by atoms with Crippen molar-refractivity contribution < 1.29 is 14.3 Å². The van der Waals surface area contributed by atoms with Crippen LogP contribution in [-0.2, 0) is 4.79 Å². The topological polar surface area (TPSA) is 85.2 Å². The lowest BCUT2D eigenvalue weighted by atomic mass is 10.2. The molecule has 0 unspecified atom stereocenters. The van der Waals surface area contributed by atoms with Crippen molar-refractivity contribution in [3.63, 3.8) is 0 Å². The highest BCUT2D eigenvalue weighted by Crippen LogP contribution is 2.23. The molecule has 2 amide bonds. The fraction of sp³-hybridized carbons (Fsp3) is 0.115. The van der Waals surface area contributed by atoms with Crippen LogP contribution in [0.4, 0.5) is 11.5 Å². The number of anilines is 2. The van der Waals surface area contributed by atoms with Crippen molar-refractivity contribution >= 4 is 23.3 Å². The fourth-order valence-corrected chi connectivity index (χ4v) is 3.04. The maximum absolute atomic E-state index is 12.9. The first kappa shape index (κ1) is 21.8. The SMILES string of the molecule is CC(C)C(=O)Nc1cc(C(=O)Nc2ccc(Oc3ccccc3)cc2)nn1-c1ccccc1. The number of hydrogen-bond donors (Lipinski definition) is 2. The van der Waals surface area contributed by atoms with Gasteiger partial charge in [-0.25, -0.2) is 4.68 Å². The van der Waals surface area contributed by atoms with E-state index in [0.717, 1.165) is 11.4 Å². The minimum absolute atomic E-state index is 0.159. The summed E-state index contributed by atoms with van der Waals surface area (Å²) in [6.07, 6.45) is 0. The van der Waals surface area contributed by atoms with Gasteiger partial charge in [0.1, 0.15) is 17.3 Å². The Balaban J connectivity index is 1.51. The Labute approximate surface area is 192 Å². The van der Waals surface area contributed by atoms with Crippen LogP contribution in [0.5, 0.6) is 11.5 Å². The van der Waals surface area contributed by atoms with Gasteiger partial charge in [-0.15, -0.1) is 0 Å². The summed E-state index contributed by atoms with van der Waals surface area (Å²) < 4.78 is 7.33. The Bertz CT molecular complexity index is 1230. The smallest absolute Gasteiger partial charge is 0.276 e. The quantitative estimate of drug-likeness (QED) is 0.397. The molecule has 2 N–H and O–H groups in total. The van der Waals surface area contributed by atoms with Crippen LogP contribution in [0.15, 0.2) is 91.0 Å². The third-order valence-electron chi connectivity index (χ3n) is 4.81. The van der Waals surface area contributed by atoms with Crippen molar-refractivity contribution in [1.82, 2.24) is 9.78 Å². The average molecular weight is 441 g/mol. The maximum Gasteiger partial charge on any atom is 0.276 e. The first-order chi connectivity index (χ1) is 16.0. The van der Waals surface area contributed by atoms with E-state index >= 15 is 0 Å². The molecule has 7 nitrogen and oxygen atoms in total. The normalized spacial score (nSPS) is 10.6. The van der Waals surface area contributed by atoms with Gasteiger partial charge in [0.05, 0.1) is 5.69 Å². The average Bonchev–Trinajstić information content (AvgIpc) is 3.25. The summed E-state index contributed by atoms with van der Waals surface area (Å²) in [5.41, 5.74) is 1.52. The van der Waals surface area contributed by atoms with Crippen LogP contribution in [0.3, 0.4) is 0 Å². The molecular formula is C26H24N4O3. The number of amides is 2. The number of para-hydroxylation sites is 2. The number of benzene rings is 3. The third kappa shape index (κ3) is 5.46. The monoisotopic (exact) mass is 440 g/mol. The summed E-state index contributed by atoms with van der Waals surface area (Å²) in [4.78, 5) is 25.1. The Morgan fingerprint density at radius 1 is 0.818 bits per heavy atom. The number of ether oxygens (including phenoxy) is 1. The molecule has 0 atom stereocenters. The number of aromatic nitrogens is 2. The second-order valence-electron chi connectivity index (χ2n) is 7.70. The molecule has 4 aromatic rings. The molecule has 0 fully saturated rings. The number of nitrogens with zero attached hydrogens (tertiary/aromatic N) is 2. The second-order valence-corrected chi connectivity index (χ2v) is 7.70. The van der Waals surface area contributed by atoms with Gasteiger partial charge < -0.3 is 15.4 Å². The molecule has 166 valence electrons. The van der Waals surface area contributed by atoms with Gasteiger partial charge in [-0.2, -0.15) is 5.10 Å². The van der Waals surface area contributed by atoms with Crippen molar-refractivity contribution in [2.45, 2.75) is 13.8 Å². The lowest BCUT2D eigenvalue weighted by Crippen LogP contribution is -2.19. The molecule has 7 heteroatoms. The predicted octanol–water partition coefficient (Wildman–Crippen LogP) is 5.51. The number of nitrogens with one attached hydrogen (secondary N) is 2. The minimum atomic E-state index is -0.388. The van der Waals surface area contributed by atoms with E-state index in [4.69, 9.17) is 4.74 Å². The highest BCUT2D eigenvalue weighted by atomic mass is 16.5. The summed E-state index contributed by atoms with van der Waals surface area (Å²) in [6, 6.07) is 27.4. The molecule has 3 aromatic carbocycles. The van der Waals surface area contributed by atoms with E-state index < -0.39 is 0 Å². The molecule has 0 spiro atoms. The highest BCUT2D eigenvalue weighted by molar-refractivity contribution is 6.04. The summed E-state index contributed by atoms with van der Waals surface area (Å²) in [5, 5.41) is 10.1. The van der Waals surface area contributed by atoms with Crippen LogP contribution in [0, 0.1) is 5.92 Å². The molecular weight excluding hydrogens is 416 g/mol. The molecule has 0 radical (unpaired) electrons. The molecule has 0 aliphatic carbocycles. The van der Waals surface area contributed by atoms with Gasteiger partial charge in [0.2, 0.25) is 5.91 Å². The maximum atomic E-state index is 12.9. The lowest BCUT2D eigenvalue weighted by Gasteiger charge is -2.10. The largest absolute Gasteiger partial charge is 0.457 e. The van der Waals surface area contributed by atoms with Gasteiger partial charge >= 0.3 is 0 Å². The number of hydrogen-bond acceptors (Lipinski definition) is 4. The molecule has 1 aromatic heterocycles. The summed E-state index contributed by atoms with van der Waals surface area (Å²) in [6.45, 7) is 3.61. The van der Waals surface area contributed by atoms with Crippen molar-refractivity contribution in [3.05, 3.63) is 96.7 Å². The summed E-state index contributed by atoms with van der Waals surface area (Å²) in [7, 11) is 0. The zero-order chi connectivity index (χ0) is 23.2. The van der Waals surface area contributed by atoms with E-state index in [9.17, 15) is 9.59 Å². The van der Waals surface area contributed by atoms with Gasteiger partial charge in [0, 0.05) is 17.7 Å². The van der Waals surface area contributed by atoms with Crippen molar-refractivity contribution in [2.75, 3.05) is 10.6 Å². The molecule has 0 aliphatic heterocycles. The number of carbonyl (C=O) groups is 2. The van der Waals surface area contributed by atoms with Crippen LogP contribution >= 0.6 is 0 Å². The van der Waals surface area contributed by atoms with E-state index in [1.807, 2.05) is 60.7 Å². The van der Waals surface area contributed by atoms with Crippen LogP contribution in [0.2, 0.25) is 0 Å². The Morgan fingerprint density at radius 2 is 1.42 bits per heavy atom. The first-order valence-corrected chi connectivity index (χ1v) is 10.6. The van der Waals surface area contributed by atoms with Crippen LogP contribution in [0.25, 0.3) is 5.69 Å². The van der Waals surface area contributed by atoms with E-state index in [0.29, 0.717) is 17.3 Å². The van der Waals surface area contributed by atoms with Gasteiger partial charge in [0.25, 0.3) is 5.91 Å². The van der Waals surface area contributed by atoms with E-state index in [1.54, 1.807) is 48.9 Å². The Morgan fingerprint density at radius 3 is 2.06 bits per heavy atom. The second kappa shape index (κ2) is 9.82. The molecule has 33 heavy (non-hydrogen) atoms. The van der Waals surface area contributed by atoms with E-state index in [1.165, 1.54) is 0 Å². The van der Waals surface area contributed by atoms with Gasteiger partial charge in [-0.3, -0.25) is 9.59 Å². The predicted molar refractivity (Wildman–Crippen MR) is 128 cm³/mol.